The topological polar surface area (TPSA) is 43.8 Å². The normalized spacial score (nSPS) is 11.2. The molecule has 3 aromatic carbocycles. The Labute approximate surface area is 158 Å². The van der Waals surface area contributed by atoms with Crippen molar-refractivity contribution in [1.29, 1.82) is 0 Å². The number of benzene rings is 3. The first-order chi connectivity index (χ1) is 13.0. The van der Waals surface area contributed by atoms with Crippen molar-refractivity contribution in [2.45, 2.75) is 26.8 Å². The van der Waals surface area contributed by atoms with Gasteiger partial charge in [-0.3, -0.25) is 0 Å². The Balaban J connectivity index is 1.83. The molecule has 0 unspecified atom stereocenters. The molecular formula is C23H22FN3. The van der Waals surface area contributed by atoms with Crippen LogP contribution >= 0.6 is 0 Å². The Morgan fingerprint density at radius 3 is 2.41 bits per heavy atom. The van der Waals surface area contributed by atoms with Crippen molar-refractivity contribution in [2.24, 2.45) is 0 Å². The first-order valence-corrected chi connectivity index (χ1v) is 9.05. The minimum atomic E-state index is -0.193. The number of halogens is 1. The molecule has 1 heterocycles. The van der Waals surface area contributed by atoms with Crippen LogP contribution in [0.2, 0.25) is 0 Å². The van der Waals surface area contributed by atoms with Crippen LogP contribution in [-0.4, -0.2) is 9.55 Å². The SMILES string of the molecule is Cc1cc2nc(Cc3ccc(N)cc3)n(Cc3ccccc3F)c2cc1C. The van der Waals surface area contributed by atoms with Crippen LogP contribution in [0.5, 0.6) is 0 Å². The van der Waals surface area contributed by atoms with E-state index < -0.39 is 0 Å². The molecule has 2 N–H and O–H groups in total. The number of aryl methyl sites for hydroxylation is 2. The Morgan fingerprint density at radius 1 is 0.963 bits per heavy atom. The molecule has 136 valence electrons. The summed E-state index contributed by atoms with van der Waals surface area (Å²) in [7, 11) is 0. The van der Waals surface area contributed by atoms with Crippen LogP contribution in [0.15, 0.2) is 60.7 Å². The lowest BCUT2D eigenvalue weighted by Gasteiger charge is -2.11. The second kappa shape index (κ2) is 6.88. The third kappa shape index (κ3) is 3.43. The highest BCUT2D eigenvalue weighted by molar-refractivity contribution is 5.78. The number of nitrogen functional groups attached to an aromatic ring is 1. The molecule has 3 nitrogen and oxygen atoms in total. The van der Waals surface area contributed by atoms with Gasteiger partial charge in [-0.15, -0.1) is 0 Å². The van der Waals surface area contributed by atoms with E-state index in [1.165, 1.54) is 17.2 Å². The largest absolute Gasteiger partial charge is 0.399 e. The predicted molar refractivity (Wildman–Crippen MR) is 108 cm³/mol. The first kappa shape index (κ1) is 17.3. The van der Waals surface area contributed by atoms with Crippen molar-refractivity contribution in [3.05, 3.63) is 94.6 Å². The molecule has 0 atom stereocenters. The fraction of sp³-hybridized carbons (Fsp3) is 0.174. The van der Waals surface area contributed by atoms with Crippen LogP contribution in [0.25, 0.3) is 11.0 Å². The Kier molecular flexibility index (Phi) is 4.40. The Hall–Kier alpha value is -3.14. The summed E-state index contributed by atoms with van der Waals surface area (Å²) in [6.07, 6.45) is 0.668. The van der Waals surface area contributed by atoms with Gasteiger partial charge in [0.05, 0.1) is 17.6 Å². The maximum Gasteiger partial charge on any atom is 0.128 e. The van der Waals surface area contributed by atoms with E-state index in [1.54, 1.807) is 6.07 Å². The molecule has 0 aliphatic heterocycles. The van der Waals surface area contributed by atoms with Gasteiger partial charge in [0.1, 0.15) is 11.6 Å². The number of imidazole rings is 1. The molecule has 0 fully saturated rings. The highest BCUT2D eigenvalue weighted by Gasteiger charge is 2.14. The summed E-state index contributed by atoms with van der Waals surface area (Å²) in [6.45, 7) is 4.63. The summed E-state index contributed by atoms with van der Waals surface area (Å²) in [6, 6.07) is 19.0. The summed E-state index contributed by atoms with van der Waals surface area (Å²) in [5, 5.41) is 0. The lowest BCUT2D eigenvalue weighted by molar-refractivity contribution is 0.598. The van der Waals surface area contributed by atoms with Gasteiger partial charge in [0.2, 0.25) is 0 Å². The van der Waals surface area contributed by atoms with Gasteiger partial charge in [0, 0.05) is 17.7 Å². The maximum absolute atomic E-state index is 14.3. The van der Waals surface area contributed by atoms with Gasteiger partial charge in [0.15, 0.2) is 0 Å². The van der Waals surface area contributed by atoms with E-state index in [1.807, 2.05) is 36.4 Å². The van der Waals surface area contributed by atoms with Gasteiger partial charge >= 0.3 is 0 Å². The molecule has 4 aromatic rings. The molecule has 0 radical (unpaired) electrons. The van der Waals surface area contributed by atoms with Crippen LogP contribution in [0.1, 0.15) is 28.1 Å². The Bertz CT molecular complexity index is 1110. The molecule has 0 amide bonds. The van der Waals surface area contributed by atoms with Gasteiger partial charge < -0.3 is 10.3 Å². The monoisotopic (exact) mass is 359 g/mol. The van der Waals surface area contributed by atoms with E-state index in [4.69, 9.17) is 10.7 Å². The van der Waals surface area contributed by atoms with E-state index >= 15 is 0 Å². The predicted octanol–water partition coefficient (Wildman–Crippen LogP) is 5.01. The first-order valence-electron chi connectivity index (χ1n) is 9.05. The Morgan fingerprint density at radius 2 is 1.67 bits per heavy atom. The van der Waals surface area contributed by atoms with Gasteiger partial charge in [-0.2, -0.15) is 0 Å². The van der Waals surface area contributed by atoms with E-state index in [0.717, 1.165) is 28.1 Å². The number of hydrogen-bond donors (Lipinski definition) is 1. The summed E-state index contributed by atoms with van der Waals surface area (Å²) >= 11 is 0. The van der Waals surface area contributed by atoms with Crippen LogP contribution in [0, 0.1) is 19.7 Å². The maximum atomic E-state index is 14.3. The zero-order valence-corrected chi connectivity index (χ0v) is 15.5. The van der Waals surface area contributed by atoms with Crippen LogP contribution in [-0.2, 0) is 13.0 Å². The summed E-state index contributed by atoms with van der Waals surface area (Å²) in [5.41, 5.74) is 12.7. The molecule has 0 spiro atoms. The summed E-state index contributed by atoms with van der Waals surface area (Å²) in [4.78, 5) is 4.87. The van der Waals surface area contributed by atoms with Gasteiger partial charge in [-0.1, -0.05) is 30.3 Å². The highest BCUT2D eigenvalue weighted by atomic mass is 19.1. The average molecular weight is 359 g/mol. The quantitative estimate of drug-likeness (QED) is 0.520. The molecule has 0 aliphatic rings. The van der Waals surface area contributed by atoms with Gasteiger partial charge in [-0.25, -0.2) is 9.37 Å². The molecular weight excluding hydrogens is 337 g/mol. The van der Waals surface area contributed by atoms with Gasteiger partial charge in [-0.05, 0) is 60.9 Å². The molecule has 0 aliphatic carbocycles. The fourth-order valence-electron chi connectivity index (χ4n) is 3.36. The molecule has 4 rings (SSSR count). The van der Waals surface area contributed by atoms with Crippen molar-refractivity contribution in [2.75, 3.05) is 5.73 Å². The van der Waals surface area contributed by atoms with Crippen molar-refractivity contribution >= 4 is 16.7 Å². The molecule has 4 heteroatoms. The number of rotatable bonds is 4. The lowest BCUT2D eigenvalue weighted by atomic mass is 10.1. The van der Waals surface area contributed by atoms with Crippen LogP contribution in [0.3, 0.4) is 0 Å². The van der Waals surface area contributed by atoms with E-state index in [9.17, 15) is 4.39 Å². The molecule has 0 saturated carbocycles. The van der Waals surface area contributed by atoms with Crippen LogP contribution in [0.4, 0.5) is 10.1 Å². The van der Waals surface area contributed by atoms with Crippen LogP contribution < -0.4 is 5.73 Å². The number of nitrogens with zero attached hydrogens (tertiary/aromatic N) is 2. The average Bonchev–Trinajstić information content (AvgIpc) is 2.96. The fourth-order valence-corrected chi connectivity index (χ4v) is 3.36. The summed E-state index contributed by atoms with van der Waals surface area (Å²) < 4.78 is 16.4. The molecule has 27 heavy (non-hydrogen) atoms. The number of fused-ring (bicyclic) bond motifs is 1. The second-order valence-corrected chi connectivity index (χ2v) is 7.05. The van der Waals surface area contributed by atoms with Crippen molar-refractivity contribution < 1.29 is 4.39 Å². The number of nitrogens with two attached hydrogens (primary N) is 1. The molecule has 0 bridgehead atoms. The van der Waals surface area contributed by atoms with Crippen molar-refractivity contribution in [1.82, 2.24) is 9.55 Å². The van der Waals surface area contributed by atoms with E-state index in [0.29, 0.717) is 18.5 Å². The second-order valence-electron chi connectivity index (χ2n) is 7.05. The molecule has 1 aromatic heterocycles. The highest BCUT2D eigenvalue weighted by Crippen LogP contribution is 2.24. The number of anilines is 1. The number of aromatic nitrogens is 2. The minimum absolute atomic E-state index is 0.193. The smallest absolute Gasteiger partial charge is 0.128 e. The number of hydrogen-bond acceptors (Lipinski definition) is 2. The molecule has 0 saturated heterocycles. The van der Waals surface area contributed by atoms with Crippen molar-refractivity contribution in [3.8, 4) is 0 Å². The standard InChI is InChI=1S/C23H22FN3/c1-15-11-21-22(12-16(15)2)27(14-18-5-3-4-6-20(18)24)23(26-21)13-17-7-9-19(25)10-8-17/h3-12H,13-14,25H2,1-2H3. The van der Waals surface area contributed by atoms with E-state index in [-0.39, 0.29) is 5.82 Å². The van der Waals surface area contributed by atoms with E-state index in [2.05, 4.69) is 30.5 Å². The third-order valence-corrected chi connectivity index (χ3v) is 5.07. The zero-order chi connectivity index (χ0) is 19.0. The lowest BCUT2D eigenvalue weighted by Crippen LogP contribution is -2.07. The zero-order valence-electron chi connectivity index (χ0n) is 15.5. The van der Waals surface area contributed by atoms with Crippen molar-refractivity contribution in [3.63, 3.8) is 0 Å². The van der Waals surface area contributed by atoms with Gasteiger partial charge in [0.25, 0.3) is 0 Å². The minimum Gasteiger partial charge on any atom is -0.399 e. The third-order valence-electron chi connectivity index (χ3n) is 5.07. The summed E-state index contributed by atoms with van der Waals surface area (Å²) in [5.74, 6) is 0.727.